The first-order valence-electron chi connectivity index (χ1n) is 11.6. The van der Waals surface area contributed by atoms with Crippen LogP contribution in [0.15, 0.2) is 59.5 Å². The van der Waals surface area contributed by atoms with Crippen molar-refractivity contribution < 1.29 is 4.79 Å². The van der Waals surface area contributed by atoms with Crippen LogP contribution in [-0.2, 0) is 0 Å². The molecule has 4 aromatic rings. The maximum atomic E-state index is 12.8. The molecule has 0 atom stereocenters. The molecule has 0 spiro atoms. The SMILES string of the molecule is CCCCNC(=O)c1ccc2[nH]c(-c3ccc[nH]c3=O)c(-c3cc(C(C)C)ccc3C)c2c1. The summed E-state index contributed by atoms with van der Waals surface area (Å²) in [6, 6.07) is 15.8. The van der Waals surface area contributed by atoms with Crippen molar-refractivity contribution in [3.8, 4) is 22.4 Å². The van der Waals surface area contributed by atoms with E-state index in [-0.39, 0.29) is 11.5 Å². The Labute approximate surface area is 194 Å². The topological polar surface area (TPSA) is 77.8 Å². The molecule has 4 rings (SSSR count). The van der Waals surface area contributed by atoms with Gasteiger partial charge in [-0.3, -0.25) is 9.59 Å². The molecule has 5 nitrogen and oxygen atoms in total. The van der Waals surface area contributed by atoms with Gasteiger partial charge in [0.1, 0.15) is 0 Å². The standard InChI is InChI=1S/C28H31N3O2/c1-5-6-13-29-27(32)20-11-12-24-23(16-20)25(22-15-19(17(2)3)10-9-18(22)4)26(31-24)21-8-7-14-30-28(21)33/h7-12,14-17,31H,5-6,13H2,1-4H3,(H,29,32)(H,30,33). The molecule has 0 aliphatic rings. The Morgan fingerprint density at radius 3 is 2.61 bits per heavy atom. The molecule has 0 aliphatic heterocycles. The van der Waals surface area contributed by atoms with Gasteiger partial charge in [-0.05, 0) is 66.3 Å². The third-order valence-electron chi connectivity index (χ3n) is 6.16. The van der Waals surface area contributed by atoms with Crippen molar-refractivity contribution in [3.63, 3.8) is 0 Å². The van der Waals surface area contributed by atoms with E-state index in [1.165, 1.54) is 5.56 Å². The highest BCUT2D eigenvalue weighted by Gasteiger charge is 2.20. The van der Waals surface area contributed by atoms with Crippen molar-refractivity contribution in [2.45, 2.75) is 46.5 Å². The summed E-state index contributed by atoms with van der Waals surface area (Å²) >= 11 is 0. The molecule has 0 saturated carbocycles. The van der Waals surface area contributed by atoms with Crippen LogP contribution in [-0.4, -0.2) is 22.4 Å². The number of unbranched alkanes of at least 4 members (excludes halogenated alkanes) is 1. The molecule has 170 valence electrons. The molecule has 0 saturated heterocycles. The molecule has 0 radical (unpaired) electrons. The van der Waals surface area contributed by atoms with Crippen LogP contribution in [0.25, 0.3) is 33.3 Å². The summed E-state index contributed by atoms with van der Waals surface area (Å²) in [4.78, 5) is 31.7. The van der Waals surface area contributed by atoms with Gasteiger partial charge in [-0.2, -0.15) is 0 Å². The van der Waals surface area contributed by atoms with Crippen LogP contribution in [0.2, 0.25) is 0 Å². The Morgan fingerprint density at radius 2 is 1.88 bits per heavy atom. The molecule has 5 heteroatoms. The highest BCUT2D eigenvalue weighted by molar-refractivity contribution is 6.07. The molecule has 2 aromatic carbocycles. The maximum absolute atomic E-state index is 12.8. The smallest absolute Gasteiger partial charge is 0.257 e. The number of aromatic amines is 2. The number of aryl methyl sites for hydroxylation is 1. The van der Waals surface area contributed by atoms with Crippen LogP contribution >= 0.6 is 0 Å². The minimum atomic E-state index is -0.152. The number of rotatable bonds is 7. The maximum Gasteiger partial charge on any atom is 0.257 e. The van der Waals surface area contributed by atoms with Gasteiger partial charge in [0, 0.05) is 34.8 Å². The lowest BCUT2D eigenvalue weighted by Gasteiger charge is -2.13. The highest BCUT2D eigenvalue weighted by Crippen LogP contribution is 2.40. The number of aromatic nitrogens is 2. The number of amides is 1. The van der Waals surface area contributed by atoms with E-state index in [1.807, 2.05) is 30.3 Å². The Bertz CT molecular complexity index is 1360. The Balaban J connectivity index is 1.97. The zero-order chi connectivity index (χ0) is 23.5. The van der Waals surface area contributed by atoms with Crippen LogP contribution in [0, 0.1) is 6.92 Å². The third kappa shape index (κ3) is 4.49. The van der Waals surface area contributed by atoms with Gasteiger partial charge in [-0.1, -0.05) is 45.4 Å². The van der Waals surface area contributed by atoms with Gasteiger partial charge in [0.25, 0.3) is 11.5 Å². The first kappa shape index (κ1) is 22.6. The van der Waals surface area contributed by atoms with Crippen molar-refractivity contribution in [2.24, 2.45) is 0 Å². The van der Waals surface area contributed by atoms with Crippen molar-refractivity contribution in [1.82, 2.24) is 15.3 Å². The third-order valence-corrected chi connectivity index (χ3v) is 6.16. The number of carbonyl (C=O) groups excluding carboxylic acids is 1. The molecule has 33 heavy (non-hydrogen) atoms. The van der Waals surface area contributed by atoms with Gasteiger partial charge in [-0.15, -0.1) is 0 Å². The van der Waals surface area contributed by atoms with Crippen LogP contribution < -0.4 is 10.9 Å². The number of benzene rings is 2. The predicted octanol–water partition coefficient (Wildman–Crippen LogP) is 6.15. The first-order chi connectivity index (χ1) is 15.9. The second-order valence-corrected chi connectivity index (χ2v) is 8.89. The lowest BCUT2D eigenvalue weighted by Crippen LogP contribution is -2.24. The Hall–Kier alpha value is -3.60. The van der Waals surface area contributed by atoms with Crippen LogP contribution in [0.4, 0.5) is 0 Å². The number of H-pyrrole nitrogens is 2. The summed E-state index contributed by atoms with van der Waals surface area (Å²) in [6.07, 6.45) is 3.62. The monoisotopic (exact) mass is 441 g/mol. The summed E-state index contributed by atoms with van der Waals surface area (Å²) < 4.78 is 0. The molecular weight excluding hydrogens is 410 g/mol. The fourth-order valence-electron chi connectivity index (χ4n) is 4.18. The van der Waals surface area contributed by atoms with Crippen LogP contribution in [0.3, 0.4) is 0 Å². The minimum Gasteiger partial charge on any atom is -0.354 e. The van der Waals surface area contributed by atoms with E-state index >= 15 is 0 Å². The van der Waals surface area contributed by atoms with E-state index in [0.29, 0.717) is 23.6 Å². The quantitative estimate of drug-likeness (QED) is 0.301. The predicted molar refractivity (Wildman–Crippen MR) is 136 cm³/mol. The molecule has 2 heterocycles. The highest BCUT2D eigenvalue weighted by atomic mass is 16.1. The van der Waals surface area contributed by atoms with Gasteiger partial charge in [0.05, 0.1) is 11.3 Å². The Morgan fingerprint density at radius 1 is 1.06 bits per heavy atom. The average molecular weight is 442 g/mol. The summed E-state index contributed by atoms with van der Waals surface area (Å²) in [7, 11) is 0. The van der Waals surface area contributed by atoms with Gasteiger partial charge in [0.15, 0.2) is 0 Å². The summed E-state index contributed by atoms with van der Waals surface area (Å²) in [6.45, 7) is 9.19. The van der Waals surface area contributed by atoms with E-state index in [0.717, 1.165) is 46.1 Å². The van der Waals surface area contributed by atoms with Crippen molar-refractivity contribution >= 4 is 16.8 Å². The second kappa shape index (κ2) is 9.49. The largest absolute Gasteiger partial charge is 0.354 e. The first-order valence-corrected chi connectivity index (χ1v) is 11.6. The lowest BCUT2D eigenvalue weighted by atomic mass is 9.91. The minimum absolute atomic E-state index is 0.0794. The Kier molecular flexibility index (Phi) is 6.50. The van der Waals surface area contributed by atoms with Gasteiger partial charge in [0.2, 0.25) is 0 Å². The summed E-state index contributed by atoms with van der Waals surface area (Å²) in [5.41, 5.74) is 7.05. The summed E-state index contributed by atoms with van der Waals surface area (Å²) in [5.74, 6) is 0.294. The molecular formula is C28H31N3O2. The van der Waals surface area contributed by atoms with E-state index < -0.39 is 0 Å². The second-order valence-electron chi connectivity index (χ2n) is 8.89. The van der Waals surface area contributed by atoms with E-state index in [1.54, 1.807) is 6.20 Å². The molecule has 0 fully saturated rings. The molecule has 0 bridgehead atoms. The van der Waals surface area contributed by atoms with Gasteiger partial charge < -0.3 is 15.3 Å². The molecule has 1 amide bonds. The van der Waals surface area contributed by atoms with Crippen LogP contribution in [0.1, 0.15) is 61.0 Å². The van der Waals surface area contributed by atoms with Crippen molar-refractivity contribution in [1.29, 1.82) is 0 Å². The fourth-order valence-corrected chi connectivity index (χ4v) is 4.18. The van der Waals surface area contributed by atoms with Gasteiger partial charge >= 0.3 is 0 Å². The average Bonchev–Trinajstić information content (AvgIpc) is 3.18. The normalized spacial score (nSPS) is 11.3. The van der Waals surface area contributed by atoms with E-state index in [2.05, 4.69) is 61.2 Å². The van der Waals surface area contributed by atoms with E-state index in [4.69, 9.17) is 0 Å². The number of carbonyl (C=O) groups is 1. The van der Waals surface area contributed by atoms with Crippen LogP contribution in [0.5, 0.6) is 0 Å². The van der Waals surface area contributed by atoms with Crippen molar-refractivity contribution in [2.75, 3.05) is 6.54 Å². The number of fused-ring (bicyclic) bond motifs is 1. The van der Waals surface area contributed by atoms with Crippen molar-refractivity contribution in [3.05, 3.63) is 81.8 Å². The van der Waals surface area contributed by atoms with E-state index in [9.17, 15) is 9.59 Å². The molecule has 2 aromatic heterocycles. The number of hydrogen-bond acceptors (Lipinski definition) is 2. The zero-order valence-electron chi connectivity index (χ0n) is 19.7. The zero-order valence-corrected chi connectivity index (χ0v) is 19.7. The number of nitrogens with one attached hydrogen (secondary N) is 3. The fraction of sp³-hybridized carbons (Fsp3) is 0.286. The molecule has 0 unspecified atom stereocenters. The summed E-state index contributed by atoms with van der Waals surface area (Å²) in [5, 5.41) is 3.93. The lowest BCUT2D eigenvalue weighted by molar-refractivity contribution is 0.0953. The molecule has 3 N–H and O–H groups in total. The number of pyridine rings is 1. The molecule has 0 aliphatic carbocycles. The number of hydrogen-bond donors (Lipinski definition) is 3. The van der Waals surface area contributed by atoms with Gasteiger partial charge in [-0.25, -0.2) is 0 Å².